The first-order valence-electron chi connectivity index (χ1n) is 6.82. The van der Waals surface area contributed by atoms with E-state index in [4.69, 9.17) is 9.47 Å². The Morgan fingerprint density at radius 2 is 2.10 bits per heavy atom. The summed E-state index contributed by atoms with van der Waals surface area (Å²) in [7, 11) is 1.55. The third kappa shape index (κ3) is 3.59. The van der Waals surface area contributed by atoms with E-state index in [9.17, 15) is 14.7 Å². The molecule has 1 N–H and O–H groups in total. The zero-order chi connectivity index (χ0) is 15.2. The monoisotopic (exact) mass is 293 g/mol. The summed E-state index contributed by atoms with van der Waals surface area (Å²) in [6.07, 6.45) is 0.657. The van der Waals surface area contributed by atoms with Crippen molar-refractivity contribution < 1.29 is 24.2 Å². The van der Waals surface area contributed by atoms with Crippen molar-refractivity contribution in [1.82, 2.24) is 4.90 Å². The SMILES string of the molecule is COCCOCC(=O)N1CCc2ccccc2C1C(=O)O. The van der Waals surface area contributed by atoms with Gasteiger partial charge < -0.3 is 19.5 Å². The van der Waals surface area contributed by atoms with Crippen LogP contribution in [0.5, 0.6) is 0 Å². The number of rotatable bonds is 6. The van der Waals surface area contributed by atoms with E-state index in [1.54, 1.807) is 19.2 Å². The molecule has 1 aliphatic heterocycles. The van der Waals surface area contributed by atoms with Gasteiger partial charge in [0.1, 0.15) is 6.61 Å². The Bertz CT molecular complexity index is 517. The Kier molecular flexibility index (Phi) is 5.30. The molecule has 0 aromatic heterocycles. The molecule has 0 saturated carbocycles. The van der Waals surface area contributed by atoms with Crippen LogP contribution in [0.15, 0.2) is 24.3 Å². The highest BCUT2D eigenvalue weighted by Crippen LogP contribution is 2.29. The van der Waals surface area contributed by atoms with Crippen LogP contribution in [0.4, 0.5) is 0 Å². The molecule has 114 valence electrons. The maximum absolute atomic E-state index is 12.2. The lowest BCUT2D eigenvalue weighted by molar-refractivity contribution is -0.153. The Hall–Kier alpha value is -1.92. The molecule has 0 saturated heterocycles. The van der Waals surface area contributed by atoms with Crippen molar-refractivity contribution in [1.29, 1.82) is 0 Å². The number of fused-ring (bicyclic) bond motifs is 1. The van der Waals surface area contributed by atoms with Crippen molar-refractivity contribution in [3.05, 3.63) is 35.4 Å². The number of ether oxygens (including phenoxy) is 2. The molecule has 1 atom stereocenters. The van der Waals surface area contributed by atoms with E-state index in [-0.39, 0.29) is 12.5 Å². The van der Waals surface area contributed by atoms with Gasteiger partial charge in [-0.05, 0) is 17.5 Å². The minimum atomic E-state index is -1.02. The summed E-state index contributed by atoms with van der Waals surface area (Å²) in [6.45, 7) is 0.971. The van der Waals surface area contributed by atoms with Crippen molar-refractivity contribution in [2.75, 3.05) is 33.5 Å². The first-order chi connectivity index (χ1) is 10.1. The number of benzene rings is 1. The van der Waals surface area contributed by atoms with Gasteiger partial charge >= 0.3 is 5.97 Å². The standard InChI is InChI=1S/C15H19NO5/c1-20-8-9-21-10-13(17)16-7-6-11-4-2-3-5-12(11)14(16)15(18)19/h2-5,14H,6-10H2,1H3,(H,18,19). The number of aliphatic carboxylic acids is 1. The summed E-state index contributed by atoms with van der Waals surface area (Å²) in [6, 6.07) is 6.40. The van der Waals surface area contributed by atoms with Gasteiger partial charge in [0.25, 0.3) is 0 Å². The number of nitrogens with zero attached hydrogens (tertiary/aromatic N) is 1. The van der Waals surface area contributed by atoms with Crippen molar-refractivity contribution in [2.45, 2.75) is 12.5 Å². The highest BCUT2D eigenvalue weighted by molar-refractivity contribution is 5.86. The van der Waals surface area contributed by atoms with Gasteiger partial charge in [-0.15, -0.1) is 0 Å². The van der Waals surface area contributed by atoms with Gasteiger partial charge in [0.05, 0.1) is 13.2 Å². The number of hydrogen-bond acceptors (Lipinski definition) is 4. The number of carbonyl (C=O) groups is 2. The van der Waals surface area contributed by atoms with E-state index in [0.717, 1.165) is 5.56 Å². The second-order valence-electron chi connectivity index (χ2n) is 4.82. The summed E-state index contributed by atoms with van der Waals surface area (Å²) in [4.78, 5) is 25.1. The van der Waals surface area contributed by atoms with Gasteiger partial charge in [0.2, 0.25) is 5.91 Å². The zero-order valence-corrected chi connectivity index (χ0v) is 11.9. The van der Waals surface area contributed by atoms with Gasteiger partial charge in [-0.2, -0.15) is 0 Å². The maximum Gasteiger partial charge on any atom is 0.331 e. The average Bonchev–Trinajstić information content (AvgIpc) is 2.50. The quantitative estimate of drug-likeness (QED) is 0.787. The number of amides is 1. The Morgan fingerprint density at radius 1 is 1.33 bits per heavy atom. The lowest BCUT2D eigenvalue weighted by atomic mass is 9.92. The van der Waals surface area contributed by atoms with Gasteiger partial charge in [-0.1, -0.05) is 24.3 Å². The molecule has 0 radical (unpaired) electrons. The zero-order valence-electron chi connectivity index (χ0n) is 11.9. The Morgan fingerprint density at radius 3 is 2.81 bits per heavy atom. The van der Waals surface area contributed by atoms with E-state index in [1.165, 1.54) is 4.90 Å². The van der Waals surface area contributed by atoms with Crippen LogP contribution in [0.1, 0.15) is 17.2 Å². The van der Waals surface area contributed by atoms with Crippen molar-refractivity contribution in [3.8, 4) is 0 Å². The molecule has 0 spiro atoms. The fourth-order valence-electron chi connectivity index (χ4n) is 2.49. The number of hydrogen-bond donors (Lipinski definition) is 1. The third-order valence-electron chi connectivity index (χ3n) is 3.49. The second-order valence-corrected chi connectivity index (χ2v) is 4.82. The molecule has 0 bridgehead atoms. The molecule has 6 nitrogen and oxygen atoms in total. The first-order valence-corrected chi connectivity index (χ1v) is 6.82. The first kappa shape index (κ1) is 15.5. The lowest BCUT2D eigenvalue weighted by Crippen LogP contribution is -2.45. The van der Waals surface area contributed by atoms with Crippen LogP contribution in [0.25, 0.3) is 0 Å². The molecule has 1 heterocycles. The number of methoxy groups -OCH3 is 1. The number of carboxylic acid groups (broad SMARTS) is 1. The van der Waals surface area contributed by atoms with Crippen LogP contribution in [0.2, 0.25) is 0 Å². The minimum Gasteiger partial charge on any atom is -0.479 e. The fourth-order valence-corrected chi connectivity index (χ4v) is 2.49. The Labute approximate surface area is 123 Å². The van der Waals surface area contributed by atoms with E-state index in [1.807, 2.05) is 12.1 Å². The van der Waals surface area contributed by atoms with Gasteiger partial charge in [0.15, 0.2) is 6.04 Å². The maximum atomic E-state index is 12.2. The van der Waals surface area contributed by atoms with Crippen LogP contribution in [-0.4, -0.2) is 55.4 Å². The third-order valence-corrected chi connectivity index (χ3v) is 3.49. The smallest absolute Gasteiger partial charge is 0.331 e. The van der Waals surface area contributed by atoms with Crippen LogP contribution in [-0.2, 0) is 25.5 Å². The summed E-state index contributed by atoms with van der Waals surface area (Å²) in [5.41, 5.74) is 1.66. The van der Waals surface area contributed by atoms with E-state index in [0.29, 0.717) is 31.7 Å². The summed E-state index contributed by atoms with van der Waals surface area (Å²) in [5.74, 6) is -1.33. The molecule has 2 rings (SSSR count). The van der Waals surface area contributed by atoms with Gasteiger partial charge in [-0.3, -0.25) is 4.79 Å². The van der Waals surface area contributed by atoms with Gasteiger partial charge in [0, 0.05) is 13.7 Å². The molecule has 1 aliphatic rings. The van der Waals surface area contributed by atoms with Crippen LogP contribution < -0.4 is 0 Å². The molecule has 1 aromatic rings. The van der Waals surface area contributed by atoms with Crippen molar-refractivity contribution in [3.63, 3.8) is 0 Å². The molecular weight excluding hydrogens is 274 g/mol. The highest BCUT2D eigenvalue weighted by atomic mass is 16.5. The summed E-state index contributed by atoms with van der Waals surface area (Å²) in [5, 5.41) is 9.46. The van der Waals surface area contributed by atoms with Crippen LogP contribution in [0.3, 0.4) is 0 Å². The molecule has 0 fully saturated rings. The predicted octanol–water partition coefficient (Wildman–Crippen LogP) is 0.860. The molecule has 21 heavy (non-hydrogen) atoms. The molecule has 1 aromatic carbocycles. The minimum absolute atomic E-state index is 0.130. The van der Waals surface area contributed by atoms with Crippen molar-refractivity contribution in [2.24, 2.45) is 0 Å². The normalized spacial score (nSPS) is 17.4. The number of carbonyl (C=O) groups excluding carboxylic acids is 1. The van der Waals surface area contributed by atoms with E-state index >= 15 is 0 Å². The van der Waals surface area contributed by atoms with E-state index < -0.39 is 12.0 Å². The molecule has 1 unspecified atom stereocenters. The van der Waals surface area contributed by atoms with Gasteiger partial charge in [-0.25, -0.2) is 4.79 Å². The summed E-state index contributed by atoms with van der Waals surface area (Å²) >= 11 is 0. The van der Waals surface area contributed by atoms with Crippen LogP contribution >= 0.6 is 0 Å². The number of carboxylic acids is 1. The Balaban J connectivity index is 2.09. The molecule has 1 amide bonds. The largest absolute Gasteiger partial charge is 0.479 e. The predicted molar refractivity (Wildman–Crippen MR) is 74.9 cm³/mol. The second kappa shape index (κ2) is 7.19. The molecule has 6 heteroatoms. The van der Waals surface area contributed by atoms with Crippen LogP contribution in [0, 0.1) is 0 Å². The van der Waals surface area contributed by atoms with E-state index in [2.05, 4.69) is 0 Å². The van der Waals surface area contributed by atoms with Crippen molar-refractivity contribution >= 4 is 11.9 Å². The fraction of sp³-hybridized carbons (Fsp3) is 0.467. The molecular formula is C15H19NO5. The summed E-state index contributed by atoms with van der Waals surface area (Å²) < 4.78 is 10.0. The lowest BCUT2D eigenvalue weighted by Gasteiger charge is -2.34. The molecule has 0 aliphatic carbocycles. The highest BCUT2D eigenvalue weighted by Gasteiger charge is 2.35. The topological polar surface area (TPSA) is 76.1 Å². The average molecular weight is 293 g/mol.